The lowest BCUT2D eigenvalue weighted by Crippen LogP contribution is -2.33. The van der Waals surface area contributed by atoms with E-state index in [-0.39, 0.29) is 48.2 Å². The molecule has 0 unspecified atom stereocenters. The summed E-state index contributed by atoms with van der Waals surface area (Å²) < 4.78 is 19.7. The number of pyridine rings is 1. The molecule has 0 aliphatic rings. The van der Waals surface area contributed by atoms with Gasteiger partial charge in [-0.2, -0.15) is 0 Å². The first-order valence-electron chi connectivity index (χ1n) is 17.8. The number of nitrogens with zero attached hydrogens (tertiary/aromatic N) is 1. The van der Waals surface area contributed by atoms with Crippen molar-refractivity contribution in [3.05, 3.63) is 177 Å². The second-order valence-electron chi connectivity index (χ2n) is 13.1. The van der Waals surface area contributed by atoms with Crippen molar-refractivity contribution in [1.82, 2.24) is 20.5 Å². The standard InChI is InChI=1S/C43H41FN4O7/c44-33-16-12-28(13-17-33)26-48(23-5-22-45-25-38(50)35-18-20-37(49)41-36(35)19-21-39(51)46-41)42(52)31-14-10-29(11-15-31)27-55-34-9-4-8-32(24-34)40(47-43(53)54)30-6-2-1-3-7-30/h1-4,6-21,24,38,40,45,47,49-50H,5,22-23,25-27H2,(H,46,51)(H,53,54)/t38-,40-/m0/s1. The molecule has 0 spiro atoms. The van der Waals surface area contributed by atoms with Crippen LogP contribution in [0.4, 0.5) is 9.18 Å². The van der Waals surface area contributed by atoms with Crippen LogP contribution in [-0.2, 0) is 13.2 Å². The molecule has 0 fully saturated rings. The van der Waals surface area contributed by atoms with E-state index in [0.29, 0.717) is 41.8 Å². The number of carbonyl (C=O) groups excluding carboxylic acids is 1. The maximum atomic E-state index is 13.8. The molecule has 55 heavy (non-hydrogen) atoms. The van der Waals surface area contributed by atoms with Gasteiger partial charge >= 0.3 is 6.09 Å². The number of aromatic amines is 1. The highest BCUT2D eigenvalue weighted by Gasteiger charge is 2.19. The number of rotatable bonds is 16. The third kappa shape index (κ3) is 10.1. The van der Waals surface area contributed by atoms with Crippen molar-refractivity contribution < 1.29 is 34.0 Å². The van der Waals surface area contributed by atoms with Crippen molar-refractivity contribution in [1.29, 1.82) is 0 Å². The maximum absolute atomic E-state index is 13.8. The zero-order valence-electron chi connectivity index (χ0n) is 29.8. The molecule has 2 amide bonds. The van der Waals surface area contributed by atoms with Gasteiger partial charge in [0.25, 0.3) is 5.91 Å². The van der Waals surface area contributed by atoms with Crippen molar-refractivity contribution in [2.24, 2.45) is 0 Å². The Kier molecular flexibility index (Phi) is 12.5. The lowest BCUT2D eigenvalue weighted by molar-refractivity contribution is 0.0740. The molecule has 6 aromatic rings. The van der Waals surface area contributed by atoms with Gasteiger partial charge in [-0.15, -0.1) is 0 Å². The summed E-state index contributed by atoms with van der Waals surface area (Å²) in [6.07, 6.45) is -1.50. The van der Waals surface area contributed by atoms with Gasteiger partial charge in [0.05, 0.1) is 17.7 Å². The average Bonchev–Trinajstić information content (AvgIpc) is 3.20. The number of aromatic nitrogens is 1. The van der Waals surface area contributed by atoms with E-state index in [1.165, 1.54) is 24.3 Å². The summed E-state index contributed by atoms with van der Waals surface area (Å²) in [5.41, 5.74) is 4.04. The van der Waals surface area contributed by atoms with Gasteiger partial charge in [-0.05, 0) is 89.3 Å². The molecule has 2 atom stereocenters. The molecule has 0 saturated carbocycles. The number of carbonyl (C=O) groups is 2. The van der Waals surface area contributed by atoms with E-state index in [0.717, 1.165) is 22.3 Å². The van der Waals surface area contributed by atoms with Crippen LogP contribution < -0.4 is 20.9 Å². The molecule has 282 valence electrons. The summed E-state index contributed by atoms with van der Waals surface area (Å²) in [6, 6.07) is 35.0. The summed E-state index contributed by atoms with van der Waals surface area (Å²) in [5, 5.41) is 36.9. The number of nitrogens with one attached hydrogen (secondary N) is 3. The first-order valence-corrected chi connectivity index (χ1v) is 17.8. The molecule has 0 saturated heterocycles. The topological polar surface area (TPSA) is 164 Å². The van der Waals surface area contributed by atoms with Crippen LogP contribution in [0.2, 0.25) is 0 Å². The summed E-state index contributed by atoms with van der Waals surface area (Å²) >= 11 is 0. The minimum absolute atomic E-state index is 0.0853. The smallest absolute Gasteiger partial charge is 0.405 e. The van der Waals surface area contributed by atoms with Crippen molar-refractivity contribution in [3.8, 4) is 11.5 Å². The van der Waals surface area contributed by atoms with E-state index in [1.54, 1.807) is 59.5 Å². The van der Waals surface area contributed by atoms with Crippen LogP contribution in [0.15, 0.2) is 132 Å². The number of H-pyrrole nitrogens is 1. The predicted octanol–water partition coefficient (Wildman–Crippen LogP) is 6.66. The number of fused-ring (bicyclic) bond motifs is 1. The van der Waals surface area contributed by atoms with Crippen molar-refractivity contribution in [2.45, 2.75) is 31.7 Å². The molecule has 0 radical (unpaired) electrons. The van der Waals surface area contributed by atoms with Crippen molar-refractivity contribution in [2.75, 3.05) is 19.6 Å². The Hall–Kier alpha value is -6.50. The summed E-state index contributed by atoms with van der Waals surface area (Å²) in [6.45, 7) is 1.54. The average molecular weight is 745 g/mol. The van der Waals surface area contributed by atoms with Crippen LogP contribution >= 0.6 is 0 Å². The van der Waals surface area contributed by atoms with E-state index in [1.807, 2.05) is 48.5 Å². The highest BCUT2D eigenvalue weighted by Crippen LogP contribution is 2.29. The largest absolute Gasteiger partial charge is 0.506 e. The van der Waals surface area contributed by atoms with Gasteiger partial charge in [0.1, 0.15) is 23.9 Å². The zero-order chi connectivity index (χ0) is 38.7. The van der Waals surface area contributed by atoms with E-state index in [4.69, 9.17) is 4.74 Å². The van der Waals surface area contributed by atoms with Crippen LogP contribution in [0.25, 0.3) is 10.9 Å². The van der Waals surface area contributed by atoms with Crippen molar-refractivity contribution >= 4 is 22.9 Å². The Bertz CT molecular complexity index is 2280. The lowest BCUT2D eigenvalue weighted by Gasteiger charge is -2.24. The van der Waals surface area contributed by atoms with E-state index in [2.05, 4.69) is 15.6 Å². The fourth-order valence-corrected chi connectivity index (χ4v) is 6.36. The van der Waals surface area contributed by atoms with Crippen LogP contribution in [-0.4, -0.2) is 56.8 Å². The van der Waals surface area contributed by atoms with Gasteiger partial charge in [-0.1, -0.05) is 72.8 Å². The molecule has 1 aromatic heterocycles. The Morgan fingerprint density at radius 3 is 2.31 bits per heavy atom. The number of amides is 2. The molecule has 6 rings (SSSR count). The highest BCUT2D eigenvalue weighted by atomic mass is 19.1. The molecule has 0 aliphatic carbocycles. The Morgan fingerprint density at radius 2 is 1.56 bits per heavy atom. The number of phenolic OH excluding ortho intramolecular Hbond substituents is 1. The van der Waals surface area contributed by atoms with Gasteiger partial charge < -0.3 is 40.6 Å². The van der Waals surface area contributed by atoms with Gasteiger partial charge in [-0.25, -0.2) is 9.18 Å². The van der Waals surface area contributed by atoms with Gasteiger partial charge in [-0.3, -0.25) is 9.59 Å². The van der Waals surface area contributed by atoms with Crippen LogP contribution in [0.3, 0.4) is 0 Å². The van der Waals surface area contributed by atoms with Gasteiger partial charge in [0.15, 0.2) is 0 Å². The SMILES string of the molecule is O=C(O)N[C@@H](c1ccccc1)c1cccc(OCc2ccc(C(=O)N(CCCNC[C@H](O)c3ccc(O)c4[nH]c(=O)ccc34)Cc3ccc(F)cc3)cc2)c1. The lowest BCUT2D eigenvalue weighted by atomic mass is 9.98. The zero-order valence-corrected chi connectivity index (χ0v) is 29.8. The first kappa shape index (κ1) is 38.2. The number of hydrogen-bond donors (Lipinski definition) is 6. The second kappa shape index (κ2) is 18.0. The van der Waals surface area contributed by atoms with Gasteiger partial charge in [0.2, 0.25) is 5.56 Å². The van der Waals surface area contributed by atoms with Gasteiger partial charge in [0, 0.05) is 36.7 Å². The number of benzene rings is 5. The molecule has 5 aromatic carbocycles. The summed E-state index contributed by atoms with van der Waals surface area (Å²) in [4.78, 5) is 41.4. The molecule has 1 heterocycles. The normalized spacial score (nSPS) is 12.2. The molecule has 6 N–H and O–H groups in total. The molecular weight excluding hydrogens is 703 g/mol. The fourth-order valence-electron chi connectivity index (χ4n) is 6.36. The number of ether oxygens (including phenoxy) is 1. The van der Waals surface area contributed by atoms with Crippen LogP contribution in [0, 0.1) is 5.82 Å². The number of aromatic hydroxyl groups is 1. The summed E-state index contributed by atoms with van der Waals surface area (Å²) in [7, 11) is 0. The maximum Gasteiger partial charge on any atom is 0.405 e. The number of aliphatic hydroxyl groups is 1. The Labute approximate surface area is 316 Å². The third-order valence-electron chi connectivity index (χ3n) is 9.16. The Balaban J connectivity index is 1.07. The Morgan fingerprint density at radius 1 is 0.836 bits per heavy atom. The molecule has 0 aliphatic heterocycles. The fraction of sp³-hybridized carbons (Fsp3) is 0.186. The minimum atomic E-state index is -1.14. The van der Waals surface area contributed by atoms with E-state index < -0.39 is 18.2 Å². The molecular formula is C43H41FN4O7. The molecule has 11 nitrogen and oxygen atoms in total. The van der Waals surface area contributed by atoms with Crippen LogP contribution in [0.1, 0.15) is 56.7 Å². The van der Waals surface area contributed by atoms with E-state index >= 15 is 0 Å². The minimum Gasteiger partial charge on any atom is -0.506 e. The summed E-state index contributed by atoms with van der Waals surface area (Å²) in [5.74, 6) is -0.0929. The second-order valence-corrected chi connectivity index (χ2v) is 13.1. The molecule has 0 bridgehead atoms. The monoisotopic (exact) mass is 744 g/mol. The quantitative estimate of drug-likeness (QED) is 0.0599. The molecule has 12 heteroatoms. The first-order chi connectivity index (χ1) is 26.6. The number of aliphatic hydroxyl groups excluding tert-OH is 1. The van der Waals surface area contributed by atoms with E-state index in [9.17, 15) is 34.1 Å². The number of halogens is 1. The van der Waals surface area contributed by atoms with Crippen LogP contribution in [0.5, 0.6) is 11.5 Å². The number of phenols is 1. The third-order valence-corrected chi connectivity index (χ3v) is 9.16. The predicted molar refractivity (Wildman–Crippen MR) is 206 cm³/mol. The highest BCUT2D eigenvalue weighted by molar-refractivity contribution is 5.94. The van der Waals surface area contributed by atoms with Crippen molar-refractivity contribution in [3.63, 3.8) is 0 Å². The number of carboxylic acid groups (broad SMARTS) is 1. The number of hydrogen-bond acceptors (Lipinski definition) is 7.